The summed E-state index contributed by atoms with van der Waals surface area (Å²) in [5, 5.41) is 0. The van der Waals surface area contributed by atoms with E-state index < -0.39 is 0 Å². The molecule has 0 amide bonds. The van der Waals surface area contributed by atoms with E-state index in [0.29, 0.717) is 30.8 Å². The third-order valence-corrected chi connectivity index (χ3v) is 4.93. The van der Waals surface area contributed by atoms with Gasteiger partial charge >= 0.3 is 0 Å². The minimum Gasteiger partial charge on any atom is -0.381 e. The number of methoxy groups -OCH3 is 3. The van der Waals surface area contributed by atoms with Gasteiger partial charge in [0.15, 0.2) is 6.29 Å². The molecule has 0 aromatic rings. The van der Waals surface area contributed by atoms with Crippen LogP contribution in [-0.4, -0.2) is 45.3 Å². The lowest BCUT2D eigenvalue weighted by Crippen LogP contribution is -2.15. The topological polar surface area (TPSA) is 61.8 Å². The molecule has 0 saturated heterocycles. The zero-order valence-electron chi connectivity index (χ0n) is 24.3. The molecular formula is C29H56O5. The van der Waals surface area contributed by atoms with E-state index in [1.54, 1.807) is 35.2 Å². The fraction of sp³-hybridized carbons (Fsp3) is 0.793. The molecule has 0 aromatic carbocycles. The first kappa shape index (κ1) is 37.3. The van der Waals surface area contributed by atoms with Gasteiger partial charge in [0.25, 0.3) is 0 Å². The van der Waals surface area contributed by atoms with Crippen LogP contribution in [0.25, 0.3) is 0 Å². The van der Waals surface area contributed by atoms with E-state index in [4.69, 9.17) is 14.2 Å². The second-order valence-corrected chi connectivity index (χ2v) is 10.0. The van der Waals surface area contributed by atoms with Crippen molar-refractivity contribution in [2.24, 2.45) is 11.8 Å². The van der Waals surface area contributed by atoms with E-state index in [9.17, 15) is 9.59 Å². The zero-order chi connectivity index (χ0) is 27.1. The number of allylic oxidation sites excluding steroid dienone is 2. The third kappa shape index (κ3) is 32.9. The summed E-state index contributed by atoms with van der Waals surface area (Å²) < 4.78 is 15.4. The fourth-order valence-electron chi connectivity index (χ4n) is 3.07. The lowest BCUT2D eigenvalue weighted by atomic mass is 9.99. The van der Waals surface area contributed by atoms with Crippen LogP contribution in [0, 0.1) is 11.8 Å². The van der Waals surface area contributed by atoms with E-state index in [1.165, 1.54) is 5.57 Å². The molecule has 5 nitrogen and oxygen atoms in total. The number of hydrogen-bond acceptors (Lipinski definition) is 5. The summed E-state index contributed by atoms with van der Waals surface area (Å²) in [5.74, 6) is 1.83. The maximum atomic E-state index is 10.8. The Hall–Kier alpha value is -1.30. The largest absolute Gasteiger partial charge is 0.381 e. The molecule has 0 heterocycles. The highest BCUT2D eigenvalue weighted by molar-refractivity contribution is 5.75. The van der Waals surface area contributed by atoms with Crippen molar-refractivity contribution >= 4 is 11.6 Å². The minimum atomic E-state index is -0.0231. The fourth-order valence-corrected chi connectivity index (χ4v) is 3.07. The molecule has 0 aliphatic heterocycles. The molecule has 0 rings (SSSR count). The molecule has 0 N–H and O–H groups in total. The molecule has 1 unspecified atom stereocenters. The normalized spacial score (nSPS) is 12.1. The molecule has 0 spiro atoms. The summed E-state index contributed by atoms with van der Waals surface area (Å²) in [6, 6.07) is 0. The highest BCUT2D eigenvalue weighted by atomic mass is 16.7. The van der Waals surface area contributed by atoms with Gasteiger partial charge in [0.1, 0.15) is 11.6 Å². The number of hydrogen-bond donors (Lipinski definition) is 0. The Morgan fingerprint density at radius 3 is 1.59 bits per heavy atom. The maximum absolute atomic E-state index is 10.8. The van der Waals surface area contributed by atoms with Crippen LogP contribution < -0.4 is 0 Å². The van der Waals surface area contributed by atoms with E-state index >= 15 is 0 Å². The van der Waals surface area contributed by atoms with Gasteiger partial charge in [-0.3, -0.25) is 0 Å². The average Bonchev–Trinajstić information content (AvgIpc) is 2.71. The predicted octanol–water partition coefficient (Wildman–Crippen LogP) is 7.73. The van der Waals surface area contributed by atoms with Crippen LogP contribution in [0.5, 0.6) is 0 Å². The van der Waals surface area contributed by atoms with E-state index in [1.807, 2.05) is 6.92 Å². The number of ether oxygens (including phenoxy) is 3. The molecule has 0 radical (unpaired) electrons. The van der Waals surface area contributed by atoms with Crippen LogP contribution in [0.2, 0.25) is 0 Å². The minimum absolute atomic E-state index is 0.0231. The van der Waals surface area contributed by atoms with Crippen molar-refractivity contribution in [2.45, 2.75) is 119 Å². The summed E-state index contributed by atoms with van der Waals surface area (Å²) in [6.07, 6.45) is 9.65. The number of Topliss-reactive ketones (excluding diaryl/α,β-unsaturated/α-hetero) is 2. The van der Waals surface area contributed by atoms with Gasteiger partial charge in [0.05, 0.1) is 6.10 Å². The lowest BCUT2D eigenvalue weighted by Gasteiger charge is -2.17. The van der Waals surface area contributed by atoms with Gasteiger partial charge in [-0.2, -0.15) is 0 Å². The summed E-state index contributed by atoms with van der Waals surface area (Å²) in [5.41, 5.74) is 2.49. The Bertz CT molecular complexity index is 531. The Morgan fingerprint density at radius 2 is 1.26 bits per heavy atom. The van der Waals surface area contributed by atoms with E-state index in [2.05, 4.69) is 47.3 Å². The van der Waals surface area contributed by atoms with Crippen molar-refractivity contribution in [1.29, 1.82) is 0 Å². The van der Waals surface area contributed by atoms with Crippen molar-refractivity contribution in [2.75, 3.05) is 21.3 Å². The standard InChI is InChI=1S/C14H26O2.C8H14O.C7H16O2/c1-11(2)9-14(16-5)10-12(3)7-6-8-13(4)15;1-7(2)5-4-6-8(3)9;1-6(2)5-7(8-3)9-4/h7,11,14H,6,8-10H2,1-5H3;1,4-6H2,2-3H3;6-7H,5H2,1-4H3/b12-7+;;. The molecule has 5 heteroatoms. The first-order chi connectivity index (χ1) is 15.8. The SMILES string of the molecule is C=C(C)CCCC(C)=O.COC(C/C(C)=C/CCC(C)=O)CC(C)C.COC(CC(C)C)OC. The zero-order valence-corrected chi connectivity index (χ0v) is 24.3. The molecule has 0 saturated carbocycles. The molecule has 1 atom stereocenters. The average molecular weight is 485 g/mol. The summed E-state index contributed by atoms with van der Waals surface area (Å²) in [6.45, 7) is 19.8. The molecule has 0 fully saturated rings. The quantitative estimate of drug-likeness (QED) is 0.166. The molecule has 34 heavy (non-hydrogen) atoms. The molecule has 0 aliphatic carbocycles. The first-order valence-corrected chi connectivity index (χ1v) is 12.7. The highest BCUT2D eigenvalue weighted by Gasteiger charge is 2.10. The monoisotopic (exact) mass is 484 g/mol. The Morgan fingerprint density at radius 1 is 0.765 bits per heavy atom. The number of carbonyl (C=O) groups is 2. The van der Waals surface area contributed by atoms with Crippen LogP contribution in [0.15, 0.2) is 23.8 Å². The number of rotatable bonds is 16. The summed E-state index contributed by atoms with van der Waals surface area (Å²) in [4.78, 5) is 21.2. The van der Waals surface area contributed by atoms with E-state index in [-0.39, 0.29) is 17.9 Å². The molecule has 0 bridgehead atoms. The Balaban J connectivity index is -0.000000457. The van der Waals surface area contributed by atoms with Crippen molar-refractivity contribution in [3.05, 3.63) is 23.8 Å². The van der Waals surface area contributed by atoms with Gasteiger partial charge in [0, 0.05) is 40.6 Å². The van der Waals surface area contributed by atoms with Crippen molar-refractivity contribution in [3.8, 4) is 0 Å². The number of carbonyl (C=O) groups excluding carboxylic acids is 2. The molecule has 202 valence electrons. The van der Waals surface area contributed by atoms with Gasteiger partial charge in [-0.1, -0.05) is 44.9 Å². The van der Waals surface area contributed by atoms with Crippen LogP contribution in [-0.2, 0) is 23.8 Å². The van der Waals surface area contributed by atoms with Gasteiger partial charge < -0.3 is 23.8 Å². The smallest absolute Gasteiger partial charge is 0.157 e. The number of ketones is 2. The van der Waals surface area contributed by atoms with Gasteiger partial charge in [0.2, 0.25) is 0 Å². The van der Waals surface area contributed by atoms with Gasteiger partial charge in [-0.25, -0.2) is 0 Å². The Kier molecular flexibility index (Phi) is 27.2. The van der Waals surface area contributed by atoms with Crippen molar-refractivity contribution < 1.29 is 23.8 Å². The van der Waals surface area contributed by atoms with Gasteiger partial charge in [-0.15, -0.1) is 6.58 Å². The lowest BCUT2D eigenvalue weighted by molar-refractivity contribution is -0.117. The second kappa shape index (κ2) is 24.8. The predicted molar refractivity (Wildman–Crippen MR) is 145 cm³/mol. The maximum Gasteiger partial charge on any atom is 0.157 e. The van der Waals surface area contributed by atoms with Crippen LogP contribution in [0.3, 0.4) is 0 Å². The van der Waals surface area contributed by atoms with Crippen LogP contribution in [0.4, 0.5) is 0 Å². The first-order valence-electron chi connectivity index (χ1n) is 12.7. The van der Waals surface area contributed by atoms with Crippen LogP contribution >= 0.6 is 0 Å². The van der Waals surface area contributed by atoms with Crippen LogP contribution in [0.1, 0.15) is 107 Å². The molecule has 0 aromatic heterocycles. The van der Waals surface area contributed by atoms with Crippen molar-refractivity contribution in [1.82, 2.24) is 0 Å². The second-order valence-electron chi connectivity index (χ2n) is 10.0. The molecular weight excluding hydrogens is 428 g/mol. The van der Waals surface area contributed by atoms with Crippen molar-refractivity contribution in [3.63, 3.8) is 0 Å². The van der Waals surface area contributed by atoms with Gasteiger partial charge in [-0.05, 0) is 71.6 Å². The third-order valence-electron chi connectivity index (χ3n) is 4.93. The highest BCUT2D eigenvalue weighted by Crippen LogP contribution is 2.16. The summed E-state index contributed by atoms with van der Waals surface area (Å²) >= 11 is 0. The summed E-state index contributed by atoms with van der Waals surface area (Å²) in [7, 11) is 5.10. The van der Waals surface area contributed by atoms with E-state index in [0.717, 1.165) is 44.1 Å². The Labute approximate surface area is 211 Å². The molecule has 0 aliphatic rings.